The number of benzene rings is 1. The topological polar surface area (TPSA) is 42.9 Å². The van der Waals surface area contributed by atoms with Crippen LogP contribution in [-0.4, -0.2) is 67.6 Å². The molecule has 0 amide bonds. The summed E-state index contributed by atoms with van der Waals surface area (Å²) >= 11 is 0. The third-order valence-electron chi connectivity index (χ3n) is 5.72. The lowest BCUT2D eigenvalue weighted by Gasteiger charge is -2.36. The smallest absolute Gasteiger partial charge is 0.191 e. The summed E-state index contributed by atoms with van der Waals surface area (Å²) in [6.07, 6.45) is 2.36. The molecule has 0 bridgehead atoms. The zero-order chi connectivity index (χ0) is 19.6. The molecule has 1 aromatic rings. The number of likely N-dealkylation sites (tertiary alicyclic amines) is 1. The van der Waals surface area contributed by atoms with E-state index in [0.717, 1.165) is 25.6 Å². The fourth-order valence-electron chi connectivity index (χ4n) is 3.94. The summed E-state index contributed by atoms with van der Waals surface area (Å²) in [5.74, 6) is 0.922. The van der Waals surface area contributed by atoms with E-state index < -0.39 is 0 Å². The Morgan fingerprint density at radius 3 is 2.30 bits per heavy atom. The van der Waals surface area contributed by atoms with Crippen molar-refractivity contribution in [3.05, 3.63) is 35.9 Å². The van der Waals surface area contributed by atoms with Gasteiger partial charge in [-0.3, -0.25) is 9.89 Å². The van der Waals surface area contributed by atoms with Crippen molar-refractivity contribution in [1.29, 1.82) is 0 Å². The largest absolute Gasteiger partial charge is 0.354 e. The van der Waals surface area contributed by atoms with Crippen LogP contribution in [0.15, 0.2) is 35.3 Å². The number of hydrogen-bond donors (Lipinski definition) is 2. The second-order valence-corrected chi connectivity index (χ2v) is 7.65. The summed E-state index contributed by atoms with van der Waals surface area (Å²) in [6, 6.07) is 12.3. The van der Waals surface area contributed by atoms with Crippen LogP contribution in [-0.2, 0) is 0 Å². The highest BCUT2D eigenvalue weighted by molar-refractivity contribution is 5.80. The van der Waals surface area contributed by atoms with Gasteiger partial charge in [0.2, 0.25) is 0 Å². The van der Waals surface area contributed by atoms with E-state index in [1.165, 1.54) is 31.5 Å². The van der Waals surface area contributed by atoms with Gasteiger partial charge in [0.15, 0.2) is 5.96 Å². The molecule has 0 aliphatic carbocycles. The number of rotatable bonds is 8. The number of piperidine rings is 1. The molecule has 5 heteroatoms. The number of hydrogen-bond acceptors (Lipinski definition) is 3. The molecule has 152 valence electrons. The average molecular weight is 374 g/mol. The molecule has 5 nitrogen and oxygen atoms in total. The van der Waals surface area contributed by atoms with Gasteiger partial charge in [0.25, 0.3) is 0 Å². The zero-order valence-electron chi connectivity index (χ0n) is 17.9. The Morgan fingerprint density at radius 2 is 1.78 bits per heavy atom. The van der Waals surface area contributed by atoms with Gasteiger partial charge in [-0.1, -0.05) is 44.2 Å². The summed E-state index contributed by atoms with van der Waals surface area (Å²) in [6.45, 7) is 14.3. The fraction of sp³-hybridized carbons (Fsp3) is 0.682. The minimum Gasteiger partial charge on any atom is -0.354 e. The molecule has 2 rings (SSSR count). The SMILES string of the molecule is CCN(CC)C(CNC(=NC)NC1CCN(C(C)C)CC1)c1ccccc1. The molecule has 1 saturated heterocycles. The molecule has 1 fully saturated rings. The summed E-state index contributed by atoms with van der Waals surface area (Å²) in [7, 11) is 1.87. The van der Waals surface area contributed by atoms with Crippen molar-refractivity contribution >= 4 is 5.96 Å². The second-order valence-electron chi connectivity index (χ2n) is 7.65. The maximum absolute atomic E-state index is 4.48. The number of nitrogens with zero attached hydrogens (tertiary/aromatic N) is 3. The maximum Gasteiger partial charge on any atom is 0.191 e. The molecule has 2 N–H and O–H groups in total. The normalized spacial score (nSPS) is 18.1. The Morgan fingerprint density at radius 1 is 1.15 bits per heavy atom. The van der Waals surface area contributed by atoms with Crippen molar-refractivity contribution in [3.8, 4) is 0 Å². The first-order valence-corrected chi connectivity index (χ1v) is 10.6. The van der Waals surface area contributed by atoms with Gasteiger partial charge in [-0.05, 0) is 45.3 Å². The highest BCUT2D eigenvalue weighted by Gasteiger charge is 2.22. The number of aliphatic imine (C=N–C) groups is 1. The van der Waals surface area contributed by atoms with Gasteiger partial charge >= 0.3 is 0 Å². The lowest BCUT2D eigenvalue weighted by Crippen LogP contribution is -2.51. The quantitative estimate of drug-likeness (QED) is 0.543. The van der Waals surface area contributed by atoms with E-state index in [1.807, 2.05) is 7.05 Å². The monoisotopic (exact) mass is 373 g/mol. The maximum atomic E-state index is 4.48. The first-order chi connectivity index (χ1) is 13.1. The van der Waals surface area contributed by atoms with Crippen LogP contribution in [0.2, 0.25) is 0 Å². The number of guanidine groups is 1. The summed E-state index contributed by atoms with van der Waals surface area (Å²) in [5, 5.41) is 7.22. The van der Waals surface area contributed by atoms with Gasteiger partial charge in [-0.15, -0.1) is 0 Å². The van der Waals surface area contributed by atoms with Crippen LogP contribution in [0.3, 0.4) is 0 Å². The van der Waals surface area contributed by atoms with Crippen molar-refractivity contribution in [1.82, 2.24) is 20.4 Å². The predicted molar refractivity (Wildman–Crippen MR) is 116 cm³/mol. The van der Waals surface area contributed by atoms with Gasteiger partial charge in [0, 0.05) is 38.8 Å². The van der Waals surface area contributed by atoms with E-state index in [9.17, 15) is 0 Å². The van der Waals surface area contributed by atoms with Crippen LogP contribution in [0.4, 0.5) is 0 Å². The standard InChI is InChI=1S/C22H39N5/c1-6-26(7-2)21(19-11-9-8-10-12-19)17-24-22(23-5)25-20-13-15-27(16-14-20)18(3)4/h8-12,18,20-21H,6-7,13-17H2,1-5H3,(H2,23,24,25). The molecule has 1 unspecified atom stereocenters. The Kier molecular flexibility index (Phi) is 9.08. The van der Waals surface area contributed by atoms with Crippen molar-refractivity contribution in [2.75, 3.05) is 39.8 Å². The van der Waals surface area contributed by atoms with Crippen LogP contribution in [0.25, 0.3) is 0 Å². The van der Waals surface area contributed by atoms with E-state index in [4.69, 9.17) is 0 Å². The highest BCUT2D eigenvalue weighted by atomic mass is 15.2. The van der Waals surface area contributed by atoms with Crippen molar-refractivity contribution < 1.29 is 0 Å². The minimum absolute atomic E-state index is 0.350. The average Bonchev–Trinajstić information content (AvgIpc) is 2.71. The molecular weight excluding hydrogens is 334 g/mol. The zero-order valence-corrected chi connectivity index (χ0v) is 17.9. The van der Waals surface area contributed by atoms with Gasteiger partial charge in [-0.2, -0.15) is 0 Å². The van der Waals surface area contributed by atoms with Crippen LogP contribution in [0, 0.1) is 0 Å². The summed E-state index contributed by atoms with van der Waals surface area (Å²) in [5.41, 5.74) is 1.36. The van der Waals surface area contributed by atoms with Crippen molar-refractivity contribution in [2.24, 2.45) is 4.99 Å². The number of nitrogens with one attached hydrogen (secondary N) is 2. The second kappa shape index (κ2) is 11.3. The van der Waals surface area contributed by atoms with Crippen molar-refractivity contribution in [2.45, 2.75) is 58.7 Å². The minimum atomic E-state index is 0.350. The molecule has 1 aromatic carbocycles. The third kappa shape index (κ3) is 6.51. The Balaban J connectivity index is 1.92. The third-order valence-corrected chi connectivity index (χ3v) is 5.72. The Hall–Kier alpha value is -1.59. The van der Waals surface area contributed by atoms with Crippen molar-refractivity contribution in [3.63, 3.8) is 0 Å². The van der Waals surface area contributed by atoms with Gasteiger partial charge in [0.1, 0.15) is 0 Å². The van der Waals surface area contributed by atoms with E-state index in [2.05, 4.69) is 83.5 Å². The molecule has 1 atom stereocenters. The van der Waals surface area contributed by atoms with Gasteiger partial charge in [0.05, 0.1) is 6.04 Å². The van der Waals surface area contributed by atoms with E-state index >= 15 is 0 Å². The number of likely N-dealkylation sites (N-methyl/N-ethyl adjacent to an activating group) is 1. The molecule has 0 radical (unpaired) electrons. The van der Waals surface area contributed by atoms with E-state index in [-0.39, 0.29) is 0 Å². The molecular formula is C22H39N5. The molecule has 0 spiro atoms. The van der Waals surface area contributed by atoms with Crippen LogP contribution in [0.5, 0.6) is 0 Å². The summed E-state index contributed by atoms with van der Waals surface area (Å²) in [4.78, 5) is 9.53. The fourth-order valence-corrected chi connectivity index (χ4v) is 3.94. The van der Waals surface area contributed by atoms with E-state index in [0.29, 0.717) is 18.1 Å². The molecule has 1 aliphatic rings. The van der Waals surface area contributed by atoms with Gasteiger partial charge < -0.3 is 15.5 Å². The first kappa shape index (κ1) is 21.7. The molecule has 1 aliphatic heterocycles. The predicted octanol–water partition coefficient (Wildman–Crippen LogP) is 3.11. The molecule has 0 saturated carbocycles. The summed E-state index contributed by atoms with van der Waals surface area (Å²) < 4.78 is 0. The van der Waals surface area contributed by atoms with Crippen LogP contribution in [0.1, 0.15) is 52.1 Å². The van der Waals surface area contributed by atoms with Gasteiger partial charge in [-0.25, -0.2) is 0 Å². The Labute approximate surface area is 166 Å². The van der Waals surface area contributed by atoms with Crippen LogP contribution >= 0.6 is 0 Å². The van der Waals surface area contributed by atoms with Crippen LogP contribution < -0.4 is 10.6 Å². The lowest BCUT2D eigenvalue weighted by atomic mass is 10.0. The highest BCUT2D eigenvalue weighted by Crippen LogP contribution is 2.19. The molecule has 27 heavy (non-hydrogen) atoms. The first-order valence-electron chi connectivity index (χ1n) is 10.6. The lowest BCUT2D eigenvalue weighted by molar-refractivity contribution is 0.167. The molecule has 0 aromatic heterocycles. The Bertz CT molecular complexity index is 545. The molecule has 1 heterocycles. The van der Waals surface area contributed by atoms with E-state index in [1.54, 1.807) is 0 Å².